The minimum Gasteiger partial charge on any atom is -0.350 e. The molecule has 126 valence electrons. The monoisotopic (exact) mass is 360 g/mol. The van der Waals surface area contributed by atoms with E-state index >= 15 is 0 Å². The van der Waals surface area contributed by atoms with Gasteiger partial charge in [0.2, 0.25) is 5.95 Å². The molecule has 4 rings (SSSR count). The predicted molar refractivity (Wildman–Crippen MR) is 89.7 cm³/mol. The number of hydrogen-bond acceptors (Lipinski definition) is 4. The number of nitrogens with one attached hydrogen (secondary N) is 2. The molecule has 0 radical (unpaired) electrons. The second-order valence-corrected chi connectivity index (χ2v) is 5.76. The zero-order valence-electron chi connectivity index (χ0n) is 12.7. The highest BCUT2D eigenvalue weighted by molar-refractivity contribution is 6.30. The summed E-state index contributed by atoms with van der Waals surface area (Å²) >= 11 is 5.77. The van der Waals surface area contributed by atoms with Gasteiger partial charge in [-0.3, -0.25) is 0 Å². The molecule has 25 heavy (non-hydrogen) atoms. The Morgan fingerprint density at radius 1 is 1.16 bits per heavy atom. The van der Waals surface area contributed by atoms with Crippen molar-refractivity contribution < 1.29 is 8.78 Å². The van der Waals surface area contributed by atoms with Crippen LogP contribution in [0.15, 0.2) is 42.6 Å². The van der Waals surface area contributed by atoms with Crippen molar-refractivity contribution in [3.05, 3.63) is 64.9 Å². The molecule has 4 aromatic rings. The van der Waals surface area contributed by atoms with Crippen LogP contribution in [0.3, 0.4) is 0 Å². The summed E-state index contributed by atoms with van der Waals surface area (Å²) in [5, 5.41) is 11.1. The number of nitrogens with zero attached hydrogens (tertiary/aromatic N) is 4. The molecule has 2 heterocycles. The molecular formula is C16H11ClF2N6. The van der Waals surface area contributed by atoms with Crippen LogP contribution in [0.1, 0.15) is 5.69 Å². The Labute approximate surface area is 145 Å². The van der Waals surface area contributed by atoms with Crippen molar-refractivity contribution in [2.75, 3.05) is 5.32 Å². The lowest BCUT2D eigenvalue weighted by Gasteiger charge is -2.01. The number of halogens is 3. The van der Waals surface area contributed by atoms with Crippen molar-refractivity contribution in [1.82, 2.24) is 25.0 Å². The van der Waals surface area contributed by atoms with E-state index < -0.39 is 5.82 Å². The molecule has 2 N–H and O–H groups in total. The van der Waals surface area contributed by atoms with Crippen molar-refractivity contribution >= 4 is 28.6 Å². The maximum absolute atomic E-state index is 13.2. The Kier molecular flexibility index (Phi) is 3.81. The number of aromatic amines is 1. The third-order valence-electron chi connectivity index (χ3n) is 3.59. The second-order valence-electron chi connectivity index (χ2n) is 5.35. The summed E-state index contributed by atoms with van der Waals surface area (Å²) in [4.78, 5) is 7.29. The largest absolute Gasteiger partial charge is 0.350 e. The van der Waals surface area contributed by atoms with Gasteiger partial charge in [-0.1, -0.05) is 16.8 Å². The average molecular weight is 361 g/mol. The molecule has 0 aliphatic rings. The zero-order chi connectivity index (χ0) is 17.4. The quantitative estimate of drug-likeness (QED) is 0.582. The normalized spacial score (nSPS) is 11.2. The number of H-pyrrole nitrogens is 1. The van der Waals surface area contributed by atoms with Crippen LogP contribution >= 0.6 is 11.6 Å². The summed E-state index contributed by atoms with van der Waals surface area (Å²) in [5.74, 6) is -0.322. The lowest BCUT2D eigenvalue weighted by molar-refractivity contribution is 0.627. The second kappa shape index (κ2) is 6.14. The smallest absolute Gasteiger partial charge is 0.201 e. The highest BCUT2D eigenvalue weighted by atomic mass is 35.5. The van der Waals surface area contributed by atoms with Gasteiger partial charge in [0.15, 0.2) is 0 Å². The molecular weight excluding hydrogens is 350 g/mol. The summed E-state index contributed by atoms with van der Waals surface area (Å²) in [5.41, 5.74) is 2.51. The van der Waals surface area contributed by atoms with Gasteiger partial charge in [0.25, 0.3) is 0 Å². The Morgan fingerprint density at radius 3 is 2.88 bits per heavy atom. The number of hydrogen-bond donors (Lipinski definition) is 2. The number of fused-ring (bicyclic) bond motifs is 1. The molecule has 9 heteroatoms. The van der Waals surface area contributed by atoms with Crippen LogP contribution in [0.2, 0.25) is 5.02 Å². The summed E-state index contributed by atoms with van der Waals surface area (Å²) in [7, 11) is 0. The third-order valence-corrected chi connectivity index (χ3v) is 3.88. The van der Waals surface area contributed by atoms with Crippen LogP contribution in [0, 0.1) is 11.6 Å². The molecule has 0 aliphatic carbocycles. The Hall–Kier alpha value is -3.00. The Bertz CT molecular complexity index is 1060. The lowest BCUT2D eigenvalue weighted by Crippen LogP contribution is -2.01. The van der Waals surface area contributed by atoms with E-state index in [1.54, 1.807) is 18.3 Å². The van der Waals surface area contributed by atoms with Crippen LogP contribution < -0.4 is 5.32 Å². The summed E-state index contributed by atoms with van der Waals surface area (Å²) in [6.45, 7) is 0.358. The fourth-order valence-corrected chi connectivity index (χ4v) is 2.55. The highest BCUT2D eigenvalue weighted by Gasteiger charge is 2.08. The van der Waals surface area contributed by atoms with Gasteiger partial charge in [-0.05, 0) is 36.4 Å². The summed E-state index contributed by atoms with van der Waals surface area (Å²) in [6.07, 6.45) is 1.69. The van der Waals surface area contributed by atoms with E-state index in [9.17, 15) is 8.78 Å². The maximum atomic E-state index is 13.2. The molecule has 0 atom stereocenters. The minimum atomic E-state index is -0.492. The van der Waals surface area contributed by atoms with E-state index in [1.165, 1.54) is 28.9 Å². The van der Waals surface area contributed by atoms with E-state index in [2.05, 4.69) is 25.6 Å². The number of benzene rings is 2. The zero-order valence-corrected chi connectivity index (χ0v) is 13.4. The van der Waals surface area contributed by atoms with E-state index in [-0.39, 0.29) is 10.8 Å². The molecule has 0 saturated heterocycles. The van der Waals surface area contributed by atoms with Crippen molar-refractivity contribution in [2.24, 2.45) is 0 Å². The topological polar surface area (TPSA) is 71.4 Å². The fourth-order valence-electron chi connectivity index (χ4n) is 2.37. The van der Waals surface area contributed by atoms with Gasteiger partial charge < -0.3 is 10.3 Å². The minimum absolute atomic E-state index is 0.0159. The number of rotatable bonds is 4. The maximum Gasteiger partial charge on any atom is 0.201 e. The third kappa shape index (κ3) is 3.16. The van der Waals surface area contributed by atoms with Crippen LogP contribution in [-0.2, 0) is 6.54 Å². The summed E-state index contributed by atoms with van der Waals surface area (Å²) in [6, 6.07) is 8.62. The van der Waals surface area contributed by atoms with E-state index in [0.717, 1.165) is 0 Å². The lowest BCUT2D eigenvalue weighted by atomic mass is 10.3. The molecule has 0 saturated carbocycles. The van der Waals surface area contributed by atoms with Gasteiger partial charge in [0, 0.05) is 0 Å². The van der Waals surface area contributed by atoms with Crippen molar-refractivity contribution in [3.63, 3.8) is 0 Å². The fraction of sp³-hybridized carbons (Fsp3) is 0.0625. The Balaban J connectivity index is 1.49. The van der Waals surface area contributed by atoms with E-state index in [4.69, 9.17) is 11.6 Å². The summed E-state index contributed by atoms with van der Waals surface area (Å²) < 4.78 is 27.9. The molecule has 0 bridgehead atoms. The van der Waals surface area contributed by atoms with Gasteiger partial charge in [0.1, 0.15) is 17.3 Å². The van der Waals surface area contributed by atoms with Crippen LogP contribution in [0.25, 0.3) is 16.7 Å². The van der Waals surface area contributed by atoms with E-state index in [0.29, 0.717) is 34.9 Å². The van der Waals surface area contributed by atoms with Crippen molar-refractivity contribution in [1.29, 1.82) is 0 Å². The molecule has 2 aromatic carbocycles. The SMILES string of the molecule is Fc1ccc2nc(NCc3cn(-c4ccc(F)c(Cl)c4)nn3)[nH]c2c1. The van der Waals surface area contributed by atoms with Crippen molar-refractivity contribution in [2.45, 2.75) is 6.54 Å². The van der Waals surface area contributed by atoms with Gasteiger partial charge in [0.05, 0.1) is 34.5 Å². The molecule has 6 nitrogen and oxygen atoms in total. The number of aromatic nitrogens is 5. The van der Waals surface area contributed by atoms with Crippen molar-refractivity contribution in [3.8, 4) is 5.69 Å². The molecule has 0 spiro atoms. The highest BCUT2D eigenvalue weighted by Crippen LogP contribution is 2.19. The van der Waals surface area contributed by atoms with Gasteiger partial charge in [-0.25, -0.2) is 18.4 Å². The van der Waals surface area contributed by atoms with Crippen LogP contribution in [-0.4, -0.2) is 25.0 Å². The predicted octanol–water partition coefficient (Wildman–Crippen LogP) is 3.69. The first-order chi connectivity index (χ1) is 12.1. The first-order valence-corrected chi connectivity index (χ1v) is 7.72. The van der Waals surface area contributed by atoms with Crippen LogP contribution in [0.5, 0.6) is 0 Å². The molecule has 0 aliphatic heterocycles. The van der Waals surface area contributed by atoms with Gasteiger partial charge >= 0.3 is 0 Å². The first-order valence-electron chi connectivity index (χ1n) is 7.34. The number of imidazole rings is 1. The van der Waals surface area contributed by atoms with Gasteiger partial charge in [-0.15, -0.1) is 5.10 Å². The molecule has 2 aromatic heterocycles. The van der Waals surface area contributed by atoms with Crippen LogP contribution in [0.4, 0.5) is 14.7 Å². The Morgan fingerprint density at radius 2 is 2.04 bits per heavy atom. The molecule has 0 unspecified atom stereocenters. The van der Waals surface area contributed by atoms with E-state index in [1.807, 2.05) is 0 Å². The van der Waals surface area contributed by atoms with Gasteiger partial charge in [-0.2, -0.15) is 0 Å². The standard InChI is InChI=1S/C16H11ClF2N6/c17-12-6-11(2-3-13(12)19)25-8-10(23-24-25)7-20-16-21-14-4-1-9(18)5-15(14)22-16/h1-6,8H,7H2,(H2,20,21,22). The number of anilines is 1. The molecule has 0 fully saturated rings. The first kappa shape index (κ1) is 15.5. The average Bonchev–Trinajstić information content (AvgIpc) is 3.21. The molecule has 0 amide bonds.